The van der Waals surface area contributed by atoms with Gasteiger partial charge in [0.2, 0.25) is 0 Å². The van der Waals surface area contributed by atoms with E-state index < -0.39 is 11.7 Å². The Hall–Kier alpha value is -0.990. The summed E-state index contributed by atoms with van der Waals surface area (Å²) in [7, 11) is 0. The van der Waals surface area contributed by atoms with Crippen LogP contribution in [0.4, 0.5) is 13.2 Å². The van der Waals surface area contributed by atoms with E-state index in [0.717, 1.165) is 24.2 Å². The Morgan fingerprint density at radius 2 is 1.64 bits per heavy atom. The van der Waals surface area contributed by atoms with Crippen LogP contribution in [-0.4, -0.2) is 18.0 Å². The van der Waals surface area contributed by atoms with Crippen molar-refractivity contribution >= 4 is 29.9 Å². The number of benzene rings is 1. The highest BCUT2D eigenvalue weighted by molar-refractivity contribution is 14.0. The summed E-state index contributed by atoms with van der Waals surface area (Å²) in [5.41, 5.74) is -0.0507. The lowest BCUT2D eigenvalue weighted by atomic mass is 10.1. The molecule has 1 aromatic carbocycles. The van der Waals surface area contributed by atoms with E-state index >= 15 is 0 Å². The number of halogens is 4. The minimum atomic E-state index is -4.30. The van der Waals surface area contributed by atoms with E-state index in [4.69, 9.17) is 0 Å². The van der Waals surface area contributed by atoms with Gasteiger partial charge in [-0.2, -0.15) is 13.2 Å². The monoisotopic (exact) mass is 429 g/mol. The molecule has 1 aromatic rings. The fourth-order valence-electron chi connectivity index (χ4n) is 1.63. The molecule has 22 heavy (non-hydrogen) atoms. The first kappa shape index (κ1) is 21.0. The molecule has 0 atom stereocenters. The molecule has 0 aliphatic rings. The molecule has 0 unspecified atom stereocenters. The maximum absolute atomic E-state index is 12.5. The molecule has 0 heterocycles. The predicted octanol–water partition coefficient (Wildman–Crippen LogP) is 4.18. The molecule has 0 aromatic heterocycles. The summed E-state index contributed by atoms with van der Waals surface area (Å²) in [5, 5.41) is 6.33. The van der Waals surface area contributed by atoms with Crippen molar-refractivity contribution < 1.29 is 13.2 Å². The average Bonchev–Trinajstić information content (AvgIpc) is 2.34. The zero-order chi connectivity index (χ0) is 16.1. The Morgan fingerprint density at radius 3 is 2.05 bits per heavy atom. The number of nitrogens with one attached hydrogen (secondary N) is 2. The highest BCUT2D eigenvalue weighted by Gasteiger charge is 2.29. The highest BCUT2D eigenvalue weighted by atomic mass is 127. The number of rotatable bonds is 3. The van der Waals surface area contributed by atoms with Gasteiger partial charge in [0, 0.05) is 12.1 Å². The van der Waals surface area contributed by atoms with Crippen LogP contribution >= 0.6 is 24.0 Å². The third-order valence-corrected chi connectivity index (χ3v) is 2.54. The van der Waals surface area contributed by atoms with Gasteiger partial charge in [-0.25, -0.2) is 4.99 Å². The summed E-state index contributed by atoms with van der Waals surface area (Å²) in [6.45, 7) is 9.03. The number of nitrogens with zero attached hydrogens (tertiary/aromatic N) is 1. The fourth-order valence-corrected chi connectivity index (χ4v) is 1.63. The van der Waals surface area contributed by atoms with Gasteiger partial charge in [0.1, 0.15) is 0 Å². The van der Waals surface area contributed by atoms with E-state index in [0.29, 0.717) is 12.5 Å². The van der Waals surface area contributed by atoms with Gasteiger partial charge < -0.3 is 10.6 Å². The van der Waals surface area contributed by atoms with E-state index in [1.54, 1.807) is 0 Å². The first-order valence-corrected chi connectivity index (χ1v) is 6.84. The molecule has 2 N–H and O–H groups in total. The van der Waals surface area contributed by atoms with E-state index in [2.05, 4.69) is 15.6 Å². The van der Waals surface area contributed by atoms with Crippen LogP contribution in [-0.2, 0) is 12.7 Å². The van der Waals surface area contributed by atoms with Crippen molar-refractivity contribution in [2.24, 2.45) is 4.99 Å². The Morgan fingerprint density at radius 1 is 1.09 bits per heavy atom. The summed E-state index contributed by atoms with van der Waals surface area (Å²) < 4.78 is 37.4. The Labute approximate surface area is 146 Å². The van der Waals surface area contributed by atoms with Gasteiger partial charge in [0.05, 0.1) is 12.1 Å². The second kappa shape index (κ2) is 8.59. The summed E-state index contributed by atoms with van der Waals surface area (Å²) in [4.78, 5) is 4.37. The zero-order valence-electron chi connectivity index (χ0n) is 13.2. The lowest BCUT2D eigenvalue weighted by Gasteiger charge is -2.23. The van der Waals surface area contributed by atoms with Crippen molar-refractivity contribution in [1.29, 1.82) is 0 Å². The van der Waals surface area contributed by atoms with Crippen LogP contribution in [0.2, 0.25) is 0 Å². The number of hydrogen-bond acceptors (Lipinski definition) is 1. The first-order valence-electron chi connectivity index (χ1n) is 6.84. The summed E-state index contributed by atoms with van der Waals surface area (Å²) in [5.74, 6) is 0.643. The molecule has 0 saturated heterocycles. The van der Waals surface area contributed by atoms with Crippen LogP contribution in [0.3, 0.4) is 0 Å². The molecule has 0 fully saturated rings. The van der Waals surface area contributed by atoms with E-state index in [-0.39, 0.29) is 29.5 Å². The largest absolute Gasteiger partial charge is 0.416 e. The molecule has 0 saturated carbocycles. The van der Waals surface area contributed by atoms with Gasteiger partial charge >= 0.3 is 6.18 Å². The highest BCUT2D eigenvalue weighted by Crippen LogP contribution is 2.29. The van der Waals surface area contributed by atoms with Gasteiger partial charge in [0.25, 0.3) is 0 Å². The molecule has 0 bridgehead atoms. The second-order valence-corrected chi connectivity index (χ2v) is 5.76. The smallest absolute Gasteiger partial charge is 0.357 e. The van der Waals surface area contributed by atoms with Crippen molar-refractivity contribution in [3.05, 3.63) is 35.4 Å². The van der Waals surface area contributed by atoms with Crippen LogP contribution in [0.5, 0.6) is 0 Å². The number of hydrogen-bond donors (Lipinski definition) is 2. The van der Waals surface area contributed by atoms with Crippen molar-refractivity contribution in [2.75, 3.05) is 6.54 Å². The average molecular weight is 429 g/mol. The van der Waals surface area contributed by atoms with Crippen molar-refractivity contribution in [3.8, 4) is 0 Å². The van der Waals surface area contributed by atoms with Gasteiger partial charge in [0.15, 0.2) is 5.96 Å². The topological polar surface area (TPSA) is 36.4 Å². The molecular weight excluding hydrogens is 406 g/mol. The quantitative estimate of drug-likeness (QED) is 0.430. The van der Waals surface area contributed by atoms with E-state index in [1.165, 1.54) is 12.1 Å². The molecule has 0 aliphatic carbocycles. The van der Waals surface area contributed by atoms with Crippen LogP contribution in [0, 0.1) is 0 Å². The van der Waals surface area contributed by atoms with Gasteiger partial charge in [-0.3, -0.25) is 0 Å². The number of alkyl halides is 3. The summed E-state index contributed by atoms with van der Waals surface area (Å²) in [6.07, 6.45) is -4.30. The molecule has 126 valence electrons. The number of aliphatic imine (C=N–C) groups is 1. The van der Waals surface area contributed by atoms with Gasteiger partial charge in [-0.05, 0) is 45.4 Å². The molecule has 3 nitrogen and oxygen atoms in total. The Bertz CT molecular complexity index is 476. The SMILES string of the molecule is CCNC(=NCc1ccc(C(F)(F)F)cc1)NC(C)(C)C.I. The molecule has 0 spiro atoms. The third-order valence-electron chi connectivity index (χ3n) is 2.54. The molecule has 1 rings (SSSR count). The lowest BCUT2D eigenvalue weighted by Crippen LogP contribution is -2.47. The number of guanidine groups is 1. The summed E-state index contributed by atoms with van der Waals surface area (Å²) >= 11 is 0. The Kier molecular flexibility index (Phi) is 8.21. The van der Waals surface area contributed by atoms with Crippen molar-refractivity contribution in [2.45, 2.75) is 46.0 Å². The standard InChI is InChI=1S/C15H22F3N3.HI/c1-5-19-13(21-14(2,3)4)20-10-11-6-8-12(9-7-11)15(16,17)18;/h6-9H,5,10H2,1-4H3,(H2,19,20,21);1H. The predicted molar refractivity (Wildman–Crippen MR) is 94.6 cm³/mol. The maximum atomic E-state index is 12.5. The minimum absolute atomic E-state index is 0. The van der Waals surface area contributed by atoms with Crippen LogP contribution < -0.4 is 10.6 Å². The van der Waals surface area contributed by atoms with Crippen LogP contribution in [0.15, 0.2) is 29.3 Å². The molecule has 0 amide bonds. The molecule has 0 aliphatic heterocycles. The van der Waals surface area contributed by atoms with Gasteiger partial charge in [-0.1, -0.05) is 12.1 Å². The molecule has 7 heteroatoms. The fraction of sp³-hybridized carbons (Fsp3) is 0.533. The lowest BCUT2D eigenvalue weighted by molar-refractivity contribution is -0.137. The van der Waals surface area contributed by atoms with Crippen molar-refractivity contribution in [1.82, 2.24) is 10.6 Å². The van der Waals surface area contributed by atoms with Crippen LogP contribution in [0.1, 0.15) is 38.8 Å². The minimum Gasteiger partial charge on any atom is -0.357 e. The third kappa shape index (κ3) is 7.86. The van der Waals surface area contributed by atoms with E-state index in [1.807, 2.05) is 27.7 Å². The molecular formula is C15H23F3IN3. The summed E-state index contributed by atoms with van der Waals surface area (Å²) in [6, 6.07) is 5.06. The van der Waals surface area contributed by atoms with E-state index in [9.17, 15) is 13.2 Å². The van der Waals surface area contributed by atoms with Crippen molar-refractivity contribution in [3.63, 3.8) is 0 Å². The van der Waals surface area contributed by atoms with Crippen LogP contribution in [0.25, 0.3) is 0 Å². The normalized spacial score (nSPS) is 12.6. The van der Waals surface area contributed by atoms with Gasteiger partial charge in [-0.15, -0.1) is 24.0 Å². The molecule has 0 radical (unpaired) electrons. The maximum Gasteiger partial charge on any atom is 0.416 e. The first-order chi connectivity index (χ1) is 9.62. The Balaban J connectivity index is 0.00000441. The zero-order valence-corrected chi connectivity index (χ0v) is 15.5. The second-order valence-electron chi connectivity index (χ2n) is 5.76.